The third kappa shape index (κ3) is 2.84. The molecule has 0 atom stereocenters. The molecular weight excluding hydrogens is 308 g/mol. The number of carbonyl (C=O) groups is 2. The zero-order chi connectivity index (χ0) is 15.0. The predicted octanol–water partition coefficient (Wildman–Crippen LogP) is 2.88. The first kappa shape index (κ1) is 14.2. The van der Waals surface area contributed by atoms with Gasteiger partial charge in [0.15, 0.2) is 0 Å². The van der Waals surface area contributed by atoms with E-state index in [9.17, 15) is 14.7 Å². The van der Waals surface area contributed by atoms with Crippen LogP contribution < -0.4 is 5.32 Å². The van der Waals surface area contributed by atoms with Crippen LogP contribution in [0, 0.1) is 6.92 Å². The predicted molar refractivity (Wildman–Crippen MR) is 82.5 cm³/mol. The van der Waals surface area contributed by atoms with Gasteiger partial charge in [-0.05, 0) is 31.7 Å². The van der Waals surface area contributed by atoms with Gasteiger partial charge in [-0.15, -0.1) is 22.7 Å². The van der Waals surface area contributed by atoms with Crippen molar-refractivity contribution in [3.63, 3.8) is 0 Å². The number of carbonyl (C=O) groups excluding carboxylic acids is 1. The number of aryl methyl sites for hydroxylation is 2. The molecule has 5 nitrogen and oxygen atoms in total. The van der Waals surface area contributed by atoms with Gasteiger partial charge in [-0.25, -0.2) is 9.78 Å². The summed E-state index contributed by atoms with van der Waals surface area (Å²) in [6.07, 6.45) is 2.86. The smallest absolute Gasteiger partial charge is 0.339 e. The van der Waals surface area contributed by atoms with E-state index in [1.54, 1.807) is 0 Å². The van der Waals surface area contributed by atoms with Gasteiger partial charge in [-0.1, -0.05) is 0 Å². The number of anilines is 1. The number of thiazole rings is 1. The van der Waals surface area contributed by atoms with E-state index in [1.165, 1.54) is 22.7 Å². The van der Waals surface area contributed by atoms with Gasteiger partial charge in [0.1, 0.15) is 5.00 Å². The summed E-state index contributed by atoms with van der Waals surface area (Å²) >= 11 is 2.89. The molecule has 1 aliphatic rings. The Balaban J connectivity index is 1.78. The number of hydrogen-bond acceptors (Lipinski definition) is 5. The van der Waals surface area contributed by atoms with E-state index in [1.807, 2.05) is 12.3 Å². The lowest BCUT2D eigenvalue weighted by atomic mass is 10.1. The number of nitrogens with one attached hydrogen (secondary N) is 1. The lowest BCUT2D eigenvalue weighted by Gasteiger charge is -2.04. The molecule has 0 aromatic carbocycles. The highest BCUT2D eigenvalue weighted by Gasteiger charge is 2.27. The van der Waals surface area contributed by atoms with Crippen molar-refractivity contribution in [2.45, 2.75) is 32.6 Å². The Morgan fingerprint density at radius 1 is 1.43 bits per heavy atom. The third-order valence-electron chi connectivity index (χ3n) is 3.40. The number of fused-ring (bicyclic) bond motifs is 1. The molecule has 0 bridgehead atoms. The van der Waals surface area contributed by atoms with Gasteiger partial charge < -0.3 is 10.4 Å². The number of amides is 1. The first-order valence-electron chi connectivity index (χ1n) is 6.63. The maximum Gasteiger partial charge on any atom is 0.339 e. The minimum Gasteiger partial charge on any atom is -0.478 e. The second-order valence-corrected chi connectivity index (χ2v) is 7.12. The van der Waals surface area contributed by atoms with Crippen molar-refractivity contribution in [1.29, 1.82) is 0 Å². The highest BCUT2D eigenvalue weighted by Crippen LogP contribution is 2.39. The van der Waals surface area contributed by atoms with Gasteiger partial charge in [-0.2, -0.15) is 0 Å². The van der Waals surface area contributed by atoms with Crippen LogP contribution in [0.5, 0.6) is 0 Å². The second-order valence-electron chi connectivity index (χ2n) is 4.95. The number of aromatic nitrogens is 1. The molecule has 1 aliphatic carbocycles. The fourth-order valence-corrected chi connectivity index (χ4v) is 4.45. The summed E-state index contributed by atoms with van der Waals surface area (Å²) in [5.74, 6) is -1.18. The highest BCUT2D eigenvalue weighted by molar-refractivity contribution is 7.17. The fourth-order valence-electron chi connectivity index (χ4n) is 2.54. The average molecular weight is 322 g/mol. The van der Waals surface area contributed by atoms with Crippen LogP contribution >= 0.6 is 22.7 Å². The number of carboxylic acid groups (broad SMARTS) is 1. The van der Waals surface area contributed by atoms with Crippen LogP contribution in [0.4, 0.5) is 5.00 Å². The van der Waals surface area contributed by atoms with Crippen LogP contribution in [0.1, 0.15) is 37.9 Å². The molecule has 0 saturated heterocycles. The van der Waals surface area contributed by atoms with Crippen LogP contribution in [0.15, 0.2) is 5.38 Å². The zero-order valence-electron chi connectivity index (χ0n) is 11.4. The van der Waals surface area contributed by atoms with E-state index < -0.39 is 5.97 Å². The summed E-state index contributed by atoms with van der Waals surface area (Å²) in [5.41, 5.74) is 1.89. The van der Waals surface area contributed by atoms with Crippen molar-refractivity contribution < 1.29 is 14.7 Å². The molecule has 2 aromatic heterocycles. The molecule has 0 radical (unpaired) electrons. The van der Waals surface area contributed by atoms with Crippen LogP contribution in [0.2, 0.25) is 0 Å². The summed E-state index contributed by atoms with van der Waals surface area (Å²) in [4.78, 5) is 28.8. The van der Waals surface area contributed by atoms with Crippen LogP contribution in [0.25, 0.3) is 0 Å². The van der Waals surface area contributed by atoms with Gasteiger partial charge in [0.05, 0.1) is 22.7 Å². The number of aromatic carboxylic acids is 1. The number of thiophene rings is 1. The van der Waals surface area contributed by atoms with Crippen molar-refractivity contribution in [2.24, 2.45) is 0 Å². The Morgan fingerprint density at radius 3 is 2.90 bits per heavy atom. The number of carboxylic acids is 1. The second kappa shape index (κ2) is 5.57. The normalized spacial score (nSPS) is 13.2. The van der Waals surface area contributed by atoms with Crippen molar-refractivity contribution in [1.82, 2.24) is 4.98 Å². The van der Waals surface area contributed by atoms with E-state index in [-0.39, 0.29) is 17.9 Å². The molecule has 0 spiro atoms. The Bertz CT molecular complexity index is 718. The first-order valence-corrected chi connectivity index (χ1v) is 8.33. The van der Waals surface area contributed by atoms with Crippen LogP contribution in [-0.4, -0.2) is 22.0 Å². The summed E-state index contributed by atoms with van der Waals surface area (Å²) in [6.45, 7) is 1.89. The molecule has 3 rings (SSSR count). The number of rotatable bonds is 4. The van der Waals surface area contributed by atoms with Crippen molar-refractivity contribution in [3.05, 3.63) is 32.1 Å². The molecule has 2 heterocycles. The maximum atomic E-state index is 12.1. The molecule has 2 aromatic rings. The first-order chi connectivity index (χ1) is 10.0. The molecule has 0 unspecified atom stereocenters. The van der Waals surface area contributed by atoms with Crippen LogP contribution in [-0.2, 0) is 24.1 Å². The van der Waals surface area contributed by atoms with E-state index >= 15 is 0 Å². The quantitative estimate of drug-likeness (QED) is 0.907. The van der Waals surface area contributed by atoms with Gasteiger partial charge in [0.25, 0.3) is 0 Å². The van der Waals surface area contributed by atoms with Gasteiger partial charge in [-0.3, -0.25) is 4.79 Å². The van der Waals surface area contributed by atoms with Crippen LogP contribution in [0.3, 0.4) is 0 Å². The summed E-state index contributed by atoms with van der Waals surface area (Å²) in [5, 5.41) is 15.3. The monoisotopic (exact) mass is 322 g/mol. The van der Waals surface area contributed by atoms with E-state index in [0.29, 0.717) is 5.00 Å². The van der Waals surface area contributed by atoms with E-state index in [2.05, 4.69) is 10.3 Å². The Labute approximate surface area is 129 Å². The molecule has 0 saturated carbocycles. The molecule has 1 amide bonds. The Hall–Kier alpha value is -1.73. The fraction of sp³-hybridized carbons (Fsp3) is 0.357. The minimum absolute atomic E-state index is 0.173. The molecule has 0 aliphatic heterocycles. The van der Waals surface area contributed by atoms with E-state index in [4.69, 9.17) is 0 Å². The lowest BCUT2D eigenvalue weighted by Crippen LogP contribution is -2.16. The minimum atomic E-state index is -0.964. The van der Waals surface area contributed by atoms with E-state index in [0.717, 1.165) is 40.4 Å². The molecular formula is C14H14N2O3S2. The van der Waals surface area contributed by atoms with Gasteiger partial charge in [0.2, 0.25) is 5.91 Å². The molecule has 110 valence electrons. The Kier molecular flexibility index (Phi) is 3.77. The molecule has 0 fully saturated rings. The SMILES string of the molecule is Cc1nc(CC(=O)Nc2sc3c(c2C(=O)O)CCC3)cs1. The molecule has 21 heavy (non-hydrogen) atoms. The zero-order valence-corrected chi connectivity index (χ0v) is 13.1. The Morgan fingerprint density at radius 2 is 2.24 bits per heavy atom. The standard InChI is InChI=1S/C14H14N2O3S2/c1-7-15-8(6-20-7)5-11(17)16-13-12(14(18)19)9-3-2-4-10(9)21-13/h6H,2-5H2,1H3,(H,16,17)(H,18,19). The van der Waals surface area contributed by atoms with Crippen molar-refractivity contribution >= 4 is 39.6 Å². The summed E-state index contributed by atoms with van der Waals surface area (Å²) in [6, 6.07) is 0. The van der Waals surface area contributed by atoms with Gasteiger partial charge >= 0.3 is 5.97 Å². The van der Waals surface area contributed by atoms with Crippen molar-refractivity contribution in [2.75, 3.05) is 5.32 Å². The van der Waals surface area contributed by atoms with Crippen molar-refractivity contribution in [3.8, 4) is 0 Å². The lowest BCUT2D eigenvalue weighted by molar-refractivity contribution is -0.115. The van der Waals surface area contributed by atoms with Gasteiger partial charge in [0, 0.05) is 10.3 Å². The summed E-state index contributed by atoms with van der Waals surface area (Å²) in [7, 11) is 0. The molecule has 7 heteroatoms. The summed E-state index contributed by atoms with van der Waals surface area (Å²) < 4.78 is 0. The highest BCUT2D eigenvalue weighted by atomic mass is 32.1. The topological polar surface area (TPSA) is 79.3 Å². The maximum absolute atomic E-state index is 12.1. The average Bonchev–Trinajstić information content (AvgIpc) is 3.04. The number of nitrogens with zero attached hydrogens (tertiary/aromatic N) is 1. The largest absolute Gasteiger partial charge is 0.478 e. The molecule has 2 N–H and O–H groups in total. The third-order valence-corrected chi connectivity index (χ3v) is 5.43. The number of hydrogen-bond donors (Lipinski definition) is 2.